The van der Waals surface area contributed by atoms with Crippen molar-refractivity contribution >= 4 is 24.8 Å². The summed E-state index contributed by atoms with van der Waals surface area (Å²) in [6.07, 6.45) is 27.5. The Morgan fingerprint density at radius 1 is 0.605 bits per heavy atom. The molecule has 0 atom stereocenters. The van der Waals surface area contributed by atoms with E-state index in [1.807, 2.05) is 12.1 Å². The maximum atomic E-state index is 3.36. The summed E-state index contributed by atoms with van der Waals surface area (Å²) >= 11 is 0. The van der Waals surface area contributed by atoms with E-state index in [1.165, 1.54) is 60.8 Å². The van der Waals surface area contributed by atoms with Gasteiger partial charge in [0.25, 0.3) is 0 Å². The van der Waals surface area contributed by atoms with E-state index in [1.54, 1.807) is 0 Å². The second-order valence-electron chi connectivity index (χ2n) is 9.36. The van der Waals surface area contributed by atoms with E-state index >= 15 is 0 Å². The van der Waals surface area contributed by atoms with Gasteiger partial charge in [-0.3, -0.25) is 12.2 Å². The fraction of sp³-hybridized carbons (Fsp3) is 0.400. The van der Waals surface area contributed by atoms with Crippen LogP contribution in [0.2, 0.25) is 0 Å². The molecule has 0 spiro atoms. The van der Waals surface area contributed by atoms with Crippen molar-refractivity contribution < 1.29 is 26.2 Å². The zero-order valence-corrected chi connectivity index (χ0v) is 27.9. The molecule has 0 aliphatic heterocycles. The molecule has 3 heteroatoms. The average Bonchev–Trinajstić information content (AvgIpc) is 3.62. The van der Waals surface area contributed by atoms with Crippen LogP contribution in [0.25, 0.3) is 0 Å². The van der Waals surface area contributed by atoms with E-state index in [0.717, 1.165) is 24.7 Å². The van der Waals surface area contributed by atoms with Crippen molar-refractivity contribution in [2.75, 3.05) is 0 Å². The molecule has 0 saturated heterocycles. The summed E-state index contributed by atoms with van der Waals surface area (Å²) in [6.45, 7) is 9.08. The first kappa shape index (κ1) is 38.9. The third-order valence-corrected chi connectivity index (χ3v) is 6.79. The minimum absolute atomic E-state index is 0. The summed E-state index contributed by atoms with van der Waals surface area (Å²) in [5.74, 6) is 1.75. The molecule has 4 rings (SSSR count). The maximum Gasteiger partial charge on any atom is 3.00 e. The minimum Gasteiger partial charge on any atom is -0.269 e. The summed E-state index contributed by atoms with van der Waals surface area (Å²) in [7, 11) is 0. The zero-order chi connectivity index (χ0) is 25.1. The quantitative estimate of drug-likeness (QED) is 0.229. The zero-order valence-electron chi connectivity index (χ0n) is 23.8. The second-order valence-corrected chi connectivity index (χ2v) is 9.36. The van der Waals surface area contributed by atoms with Crippen LogP contribution in [-0.2, 0) is 26.2 Å². The van der Waals surface area contributed by atoms with Gasteiger partial charge in [-0.25, -0.2) is 23.3 Å². The molecule has 1 radical (unpaired) electrons. The van der Waals surface area contributed by atoms with Gasteiger partial charge in [-0.15, -0.1) is 79.5 Å². The predicted octanol–water partition coefficient (Wildman–Crippen LogP) is 11.1. The van der Waals surface area contributed by atoms with Gasteiger partial charge in [-0.05, 0) is 11.8 Å². The maximum absolute atomic E-state index is 3.36. The van der Waals surface area contributed by atoms with E-state index in [4.69, 9.17) is 0 Å². The van der Waals surface area contributed by atoms with Gasteiger partial charge in [0.05, 0.1) is 0 Å². The summed E-state index contributed by atoms with van der Waals surface area (Å²) in [5, 5.41) is 0. The number of benzene rings is 2. The Hall–Kier alpha value is -1.27. The molecule has 0 amide bonds. The SMILES string of the molecule is CCC(CC)CC1=[C-]CC=C1.CCC(CC)CC1=[C-]CC=C1.Cl.Cl.[Zr+3].c1ccc([CH-]c2ccccc2)cc1. The summed E-state index contributed by atoms with van der Waals surface area (Å²) in [5.41, 5.74) is 5.35. The Morgan fingerprint density at radius 2 is 0.947 bits per heavy atom. The van der Waals surface area contributed by atoms with Gasteiger partial charge in [0.15, 0.2) is 0 Å². The van der Waals surface area contributed by atoms with Crippen molar-refractivity contribution in [2.45, 2.75) is 79.1 Å². The number of hydrogen-bond donors (Lipinski definition) is 0. The molecule has 0 heterocycles. The number of halogens is 2. The van der Waals surface area contributed by atoms with E-state index in [9.17, 15) is 0 Å². The molecule has 0 fully saturated rings. The molecular formula is C35H47Cl2Zr. The van der Waals surface area contributed by atoms with Gasteiger partial charge in [-0.2, -0.15) is 12.2 Å². The van der Waals surface area contributed by atoms with Crippen molar-refractivity contribution in [1.29, 1.82) is 0 Å². The molecular weight excluding hydrogens is 583 g/mol. The standard InChI is InChI=1S/C13H11.2C11H17.2ClH.Zr/c1-3-7-12(8-4-1)11-13-9-5-2-6-10-13;2*1-3-10(4-2)9-11-7-5-6-8-11;;;/h1-11H;2*5,7,10H,3-4,6,9H2,1-2H3;2*1H;/q3*-1;;;+3. The van der Waals surface area contributed by atoms with Gasteiger partial charge >= 0.3 is 26.2 Å². The fourth-order valence-electron chi connectivity index (χ4n) is 4.25. The van der Waals surface area contributed by atoms with Gasteiger partial charge < -0.3 is 0 Å². The van der Waals surface area contributed by atoms with Gasteiger partial charge in [0.2, 0.25) is 0 Å². The van der Waals surface area contributed by atoms with Crippen molar-refractivity contribution in [3.8, 4) is 0 Å². The van der Waals surface area contributed by atoms with Crippen molar-refractivity contribution in [1.82, 2.24) is 0 Å². The topological polar surface area (TPSA) is 0 Å². The Morgan fingerprint density at radius 3 is 1.21 bits per heavy atom. The van der Waals surface area contributed by atoms with E-state index in [2.05, 4.69) is 119 Å². The molecule has 0 nitrogen and oxygen atoms in total. The van der Waals surface area contributed by atoms with E-state index in [0.29, 0.717) is 0 Å². The summed E-state index contributed by atoms with van der Waals surface area (Å²) in [4.78, 5) is 0. The van der Waals surface area contributed by atoms with Crippen LogP contribution in [0.3, 0.4) is 0 Å². The molecule has 0 bridgehead atoms. The molecule has 0 aromatic heterocycles. The van der Waals surface area contributed by atoms with Crippen LogP contribution in [0.4, 0.5) is 0 Å². The molecule has 2 aromatic carbocycles. The van der Waals surface area contributed by atoms with Gasteiger partial charge in [-0.1, -0.05) is 103 Å². The molecule has 38 heavy (non-hydrogen) atoms. The van der Waals surface area contributed by atoms with Gasteiger partial charge in [0, 0.05) is 0 Å². The first-order chi connectivity index (χ1) is 17.2. The Balaban J connectivity index is 0. The van der Waals surface area contributed by atoms with Crippen LogP contribution in [-0.4, -0.2) is 0 Å². The summed E-state index contributed by atoms with van der Waals surface area (Å²) < 4.78 is 0. The normalized spacial score (nSPS) is 12.6. The van der Waals surface area contributed by atoms with Crippen molar-refractivity contribution in [3.63, 3.8) is 0 Å². The summed E-state index contributed by atoms with van der Waals surface area (Å²) in [6, 6.07) is 20.7. The molecule has 2 aliphatic carbocycles. The Bertz CT molecular complexity index is 843. The van der Waals surface area contributed by atoms with Crippen LogP contribution in [0.15, 0.2) is 96.1 Å². The van der Waals surface area contributed by atoms with Crippen LogP contribution >= 0.6 is 24.8 Å². The minimum atomic E-state index is 0. The van der Waals surface area contributed by atoms with Crippen LogP contribution < -0.4 is 0 Å². The Kier molecular flexibility index (Phi) is 25.3. The Labute approximate surface area is 266 Å². The number of allylic oxidation sites excluding steroid dienone is 8. The van der Waals surface area contributed by atoms with Crippen LogP contribution in [0.1, 0.15) is 90.2 Å². The number of hydrogen-bond acceptors (Lipinski definition) is 0. The first-order valence-electron chi connectivity index (χ1n) is 13.7. The predicted molar refractivity (Wildman–Crippen MR) is 168 cm³/mol. The van der Waals surface area contributed by atoms with Crippen molar-refractivity contribution in [2.24, 2.45) is 11.8 Å². The molecule has 2 aliphatic rings. The molecule has 2 aromatic rings. The van der Waals surface area contributed by atoms with Gasteiger partial charge in [0.1, 0.15) is 0 Å². The third kappa shape index (κ3) is 16.6. The molecule has 205 valence electrons. The first-order valence-corrected chi connectivity index (χ1v) is 13.7. The smallest absolute Gasteiger partial charge is 0.269 e. The fourth-order valence-corrected chi connectivity index (χ4v) is 4.25. The average molecular weight is 630 g/mol. The molecule has 0 unspecified atom stereocenters. The van der Waals surface area contributed by atoms with Crippen LogP contribution in [0.5, 0.6) is 0 Å². The number of rotatable bonds is 10. The molecule has 0 saturated carbocycles. The second kappa shape index (κ2) is 24.8. The third-order valence-electron chi connectivity index (χ3n) is 6.79. The van der Waals surface area contributed by atoms with Crippen molar-refractivity contribution in [3.05, 3.63) is 126 Å². The largest absolute Gasteiger partial charge is 3.00 e. The molecule has 0 N–H and O–H groups in total. The van der Waals surface area contributed by atoms with E-state index < -0.39 is 0 Å². The monoisotopic (exact) mass is 627 g/mol. The van der Waals surface area contributed by atoms with E-state index in [-0.39, 0.29) is 51.0 Å². The van der Waals surface area contributed by atoms with Crippen LogP contribution in [0, 0.1) is 30.4 Å².